The van der Waals surface area contributed by atoms with Gasteiger partial charge in [-0.25, -0.2) is 5.43 Å². The molecule has 1 aromatic carbocycles. The minimum absolute atomic E-state index is 0.134. The Morgan fingerprint density at radius 1 is 1.24 bits per heavy atom. The van der Waals surface area contributed by atoms with Crippen LogP contribution in [0.25, 0.3) is 0 Å². The molecule has 0 heterocycles. The normalized spacial score (nSPS) is 11.4. The minimum Gasteiger partial charge on any atom is -0.326 e. The third kappa shape index (κ3) is 5.77. The molecule has 0 bridgehead atoms. The van der Waals surface area contributed by atoms with Crippen LogP contribution in [0.2, 0.25) is 0 Å². The molecule has 0 aromatic heterocycles. The predicted molar refractivity (Wildman–Crippen MR) is 85.3 cm³/mol. The highest BCUT2D eigenvalue weighted by Crippen LogP contribution is 2.16. The van der Waals surface area contributed by atoms with Crippen molar-refractivity contribution >= 4 is 23.2 Å². The van der Waals surface area contributed by atoms with Gasteiger partial charge in [0.1, 0.15) is 0 Å². The van der Waals surface area contributed by atoms with E-state index in [1.54, 1.807) is 20.8 Å². The highest BCUT2D eigenvalue weighted by molar-refractivity contribution is 6.06. The molecule has 2 amide bonds. The van der Waals surface area contributed by atoms with Crippen LogP contribution in [0, 0.1) is 19.8 Å². The van der Waals surface area contributed by atoms with E-state index in [-0.39, 0.29) is 24.2 Å². The summed E-state index contributed by atoms with van der Waals surface area (Å²) in [6, 6.07) is 5.85. The van der Waals surface area contributed by atoms with Crippen LogP contribution in [0.3, 0.4) is 0 Å². The molecule has 0 saturated carbocycles. The molecule has 0 spiro atoms. The first-order valence-electron chi connectivity index (χ1n) is 6.99. The number of hydrogen-bond donors (Lipinski definition) is 2. The molecule has 114 valence electrons. The average Bonchev–Trinajstić information content (AvgIpc) is 2.39. The first-order chi connectivity index (χ1) is 9.79. The molecule has 0 fully saturated rings. The predicted octanol–water partition coefficient (Wildman–Crippen LogP) is 2.78. The van der Waals surface area contributed by atoms with Crippen molar-refractivity contribution < 1.29 is 9.59 Å². The third-order valence-electron chi connectivity index (χ3n) is 2.95. The van der Waals surface area contributed by atoms with Gasteiger partial charge in [0.25, 0.3) is 0 Å². The molecule has 21 heavy (non-hydrogen) atoms. The number of carbonyl (C=O) groups is 2. The molecule has 1 aromatic rings. The number of rotatable bonds is 5. The summed E-state index contributed by atoms with van der Waals surface area (Å²) in [6.45, 7) is 9.24. The van der Waals surface area contributed by atoms with Gasteiger partial charge in [-0.15, -0.1) is 0 Å². The maximum Gasteiger partial charge on any atom is 0.242 e. The Hall–Kier alpha value is -2.17. The molecule has 0 aliphatic rings. The number of hydrogen-bond acceptors (Lipinski definition) is 3. The summed E-state index contributed by atoms with van der Waals surface area (Å²) in [5.41, 5.74) is 5.97. The maximum atomic E-state index is 11.9. The number of benzene rings is 1. The fourth-order valence-corrected chi connectivity index (χ4v) is 1.70. The number of aryl methyl sites for hydroxylation is 2. The Balaban J connectivity index is 2.57. The van der Waals surface area contributed by atoms with Gasteiger partial charge < -0.3 is 5.32 Å². The van der Waals surface area contributed by atoms with Crippen molar-refractivity contribution in [3.8, 4) is 0 Å². The second kappa shape index (κ2) is 7.57. The van der Waals surface area contributed by atoms with Gasteiger partial charge in [-0.3, -0.25) is 9.59 Å². The Bertz CT molecular complexity index is 563. The number of carbonyl (C=O) groups excluding carboxylic acids is 2. The SMILES string of the molecule is C/C(CC(=O)Nc1ccc(C)cc1C)=N/NC(=O)C(C)C. The molecule has 0 atom stereocenters. The Labute approximate surface area is 125 Å². The zero-order valence-electron chi connectivity index (χ0n) is 13.3. The van der Waals surface area contributed by atoms with Gasteiger partial charge in [-0.1, -0.05) is 31.5 Å². The number of anilines is 1. The van der Waals surface area contributed by atoms with E-state index in [4.69, 9.17) is 0 Å². The summed E-state index contributed by atoms with van der Waals surface area (Å²) < 4.78 is 0. The minimum atomic E-state index is -0.163. The smallest absolute Gasteiger partial charge is 0.242 e. The van der Waals surface area contributed by atoms with Crippen molar-refractivity contribution in [3.63, 3.8) is 0 Å². The molecule has 0 saturated heterocycles. The topological polar surface area (TPSA) is 70.6 Å². The number of amides is 2. The fourth-order valence-electron chi connectivity index (χ4n) is 1.70. The largest absolute Gasteiger partial charge is 0.326 e. The summed E-state index contributed by atoms with van der Waals surface area (Å²) in [4.78, 5) is 23.3. The maximum absolute atomic E-state index is 11.9. The molecule has 0 aliphatic carbocycles. The van der Waals surface area contributed by atoms with Crippen LogP contribution >= 0.6 is 0 Å². The van der Waals surface area contributed by atoms with E-state index in [9.17, 15) is 9.59 Å². The van der Waals surface area contributed by atoms with Crippen molar-refractivity contribution in [2.75, 3.05) is 5.32 Å². The van der Waals surface area contributed by atoms with Crippen molar-refractivity contribution in [1.82, 2.24) is 5.43 Å². The summed E-state index contributed by atoms with van der Waals surface area (Å²) in [6.07, 6.45) is 0.145. The van der Waals surface area contributed by atoms with Crippen LogP contribution in [0.5, 0.6) is 0 Å². The highest BCUT2D eigenvalue weighted by atomic mass is 16.2. The third-order valence-corrected chi connectivity index (χ3v) is 2.95. The van der Waals surface area contributed by atoms with Crippen LogP contribution in [0.15, 0.2) is 23.3 Å². The molecular formula is C16H23N3O2. The first-order valence-corrected chi connectivity index (χ1v) is 6.99. The lowest BCUT2D eigenvalue weighted by molar-refractivity contribution is -0.124. The van der Waals surface area contributed by atoms with E-state index in [1.807, 2.05) is 32.0 Å². The lowest BCUT2D eigenvalue weighted by Crippen LogP contribution is -2.25. The first kappa shape index (κ1) is 16.9. The van der Waals surface area contributed by atoms with Gasteiger partial charge >= 0.3 is 0 Å². The molecule has 1 rings (SSSR count). The lowest BCUT2D eigenvalue weighted by Gasteiger charge is -2.09. The number of nitrogens with one attached hydrogen (secondary N) is 2. The van der Waals surface area contributed by atoms with Gasteiger partial charge in [0.05, 0.1) is 6.42 Å². The van der Waals surface area contributed by atoms with Crippen molar-refractivity contribution in [1.29, 1.82) is 0 Å². The zero-order chi connectivity index (χ0) is 16.0. The van der Waals surface area contributed by atoms with Crippen LogP contribution in [-0.2, 0) is 9.59 Å². The van der Waals surface area contributed by atoms with Crippen molar-refractivity contribution in [2.45, 2.75) is 41.0 Å². The molecule has 0 aliphatic heterocycles. The Kier molecular flexibility index (Phi) is 6.09. The summed E-state index contributed by atoms with van der Waals surface area (Å²) >= 11 is 0. The van der Waals surface area contributed by atoms with E-state index in [0.717, 1.165) is 16.8 Å². The van der Waals surface area contributed by atoms with E-state index in [0.29, 0.717) is 5.71 Å². The van der Waals surface area contributed by atoms with E-state index in [1.165, 1.54) is 0 Å². The second-order valence-corrected chi connectivity index (χ2v) is 5.52. The molecule has 0 unspecified atom stereocenters. The Morgan fingerprint density at radius 2 is 1.90 bits per heavy atom. The van der Waals surface area contributed by atoms with Crippen LogP contribution in [-0.4, -0.2) is 17.5 Å². The Morgan fingerprint density at radius 3 is 2.48 bits per heavy atom. The van der Waals surface area contributed by atoms with Gasteiger partial charge in [0.2, 0.25) is 11.8 Å². The lowest BCUT2D eigenvalue weighted by atomic mass is 10.1. The van der Waals surface area contributed by atoms with Crippen molar-refractivity contribution in [3.05, 3.63) is 29.3 Å². The van der Waals surface area contributed by atoms with Gasteiger partial charge in [-0.05, 0) is 32.4 Å². The molecular weight excluding hydrogens is 266 g/mol. The number of nitrogens with zero attached hydrogens (tertiary/aromatic N) is 1. The van der Waals surface area contributed by atoms with Gasteiger partial charge in [-0.2, -0.15) is 5.10 Å². The average molecular weight is 289 g/mol. The van der Waals surface area contributed by atoms with E-state index >= 15 is 0 Å². The van der Waals surface area contributed by atoms with Gasteiger partial charge in [0, 0.05) is 17.3 Å². The summed E-state index contributed by atoms with van der Waals surface area (Å²) in [5.74, 6) is -0.447. The van der Waals surface area contributed by atoms with Gasteiger partial charge in [0.15, 0.2) is 0 Å². The quantitative estimate of drug-likeness (QED) is 0.646. The molecule has 5 heteroatoms. The molecule has 5 nitrogen and oxygen atoms in total. The summed E-state index contributed by atoms with van der Waals surface area (Å²) in [5, 5.41) is 6.77. The zero-order valence-corrected chi connectivity index (χ0v) is 13.3. The highest BCUT2D eigenvalue weighted by Gasteiger charge is 2.08. The van der Waals surface area contributed by atoms with Crippen LogP contribution < -0.4 is 10.7 Å². The fraction of sp³-hybridized carbons (Fsp3) is 0.438. The molecule has 2 N–H and O–H groups in total. The molecule has 0 radical (unpaired) electrons. The van der Waals surface area contributed by atoms with E-state index < -0.39 is 0 Å². The standard InChI is InChI=1S/C16H23N3O2/c1-10(2)16(21)19-18-13(5)9-15(20)17-14-7-6-11(3)8-12(14)4/h6-8,10H,9H2,1-5H3,(H,17,20)(H,19,21)/b18-13-. The number of hydrazone groups is 1. The van der Waals surface area contributed by atoms with Crippen LogP contribution in [0.1, 0.15) is 38.3 Å². The monoisotopic (exact) mass is 289 g/mol. The van der Waals surface area contributed by atoms with Crippen LogP contribution in [0.4, 0.5) is 5.69 Å². The van der Waals surface area contributed by atoms with E-state index in [2.05, 4.69) is 15.8 Å². The summed E-state index contributed by atoms with van der Waals surface area (Å²) in [7, 11) is 0. The second-order valence-electron chi connectivity index (χ2n) is 5.52. The van der Waals surface area contributed by atoms with Crippen molar-refractivity contribution in [2.24, 2.45) is 11.0 Å².